The molecule has 1 aliphatic rings. The number of nitrogens with zero attached hydrogens (tertiary/aromatic N) is 2. The van der Waals surface area contributed by atoms with Crippen LogP contribution in [0.1, 0.15) is 41.8 Å². The van der Waals surface area contributed by atoms with Crippen molar-refractivity contribution in [1.29, 1.82) is 0 Å². The van der Waals surface area contributed by atoms with E-state index >= 15 is 0 Å². The van der Waals surface area contributed by atoms with Gasteiger partial charge in [0.05, 0.1) is 11.6 Å². The molecule has 0 atom stereocenters. The second-order valence-electron chi connectivity index (χ2n) is 8.57. The number of benzene rings is 1. The Hall–Kier alpha value is -2.65. The number of aliphatic hydroxyl groups excluding tert-OH is 1. The van der Waals surface area contributed by atoms with Crippen LogP contribution >= 0.6 is 24.0 Å². The van der Waals surface area contributed by atoms with Crippen molar-refractivity contribution in [2.45, 2.75) is 38.3 Å². The Bertz CT molecular complexity index is 1160. The van der Waals surface area contributed by atoms with Crippen LogP contribution in [0.25, 0.3) is 11.0 Å². The Kier molecular flexibility index (Phi) is 8.54. The molecular weight excluding hydrogens is 479 g/mol. The summed E-state index contributed by atoms with van der Waals surface area (Å²) in [7, 11) is 4.11. The highest BCUT2D eigenvalue weighted by atomic mass is 35.5. The third-order valence-electron chi connectivity index (χ3n) is 6.16. The smallest absolute Gasteiger partial charge is 0.294 e. The lowest BCUT2D eigenvalue weighted by Crippen LogP contribution is -2.35. The van der Waals surface area contributed by atoms with Gasteiger partial charge < -0.3 is 25.1 Å². The van der Waals surface area contributed by atoms with Crippen molar-refractivity contribution >= 4 is 58.3 Å². The maximum atomic E-state index is 13.1. The predicted octanol–water partition coefficient (Wildman–Crippen LogP) is 4.71. The van der Waals surface area contributed by atoms with Gasteiger partial charge in [-0.2, -0.15) is 0 Å². The lowest BCUT2D eigenvalue weighted by molar-refractivity contribution is -0.121. The number of amides is 2. The average Bonchev–Trinajstić information content (AvgIpc) is 3.18. The first-order valence-electron chi connectivity index (χ1n) is 10.9. The minimum atomic E-state index is -0.543. The number of pyridine rings is 1. The van der Waals surface area contributed by atoms with Gasteiger partial charge in [0, 0.05) is 23.5 Å². The summed E-state index contributed by atoms with van der Waals surface area (Å²) in [6.45, 7) is -0.167. The summed E-state index contributed by atoms with van der Waals surface area (Å²) in [4.78, 5) is 32.4. The maximum absolute atomic E-state index is 13.1. The summed E-state index contributed by atoms with van der Waals surface area (Å²) < 4.78 is 5.82. The first kappa shape index (κ1) is 26.0. The molecule has 0 radical (unpaired) electrons. The number of aliphatic hydroxyl groups is 1. The zero-order chi connectivity index (χ0) is 23.5. The van der Waals surface area contributed by atoms with Gasteiger partial charge >= 0.3 is 0 Å². The molecule has 10 heteroatoms. The number of nitrogens with one attached hydrogen (secondary N) is 2. The van der Waals surface area contributed by atoms with E-state index in [1.54, 1.807) is 30.3 Å². The van der Waals surface area contributed by atoms with Gasteiger partial charge in [-0.25, -0.2) is 4.98 Å². The number of aromatic nitrogens is 1. The van der Waals surface area contributed by atoms with Gasteiger partial charge in [-0.15, -0.1) is 12.4 Å². The highest BCUT2D eigenvalue weighted by Crippen LogP contribution is 2.34. The van der Waals surface area contributed by atoms with Gasteiger partial charge in [0.25, 0.3) is 5.91 Å². The van der Waals surface area contributed by atoms with Crippen molar-refractivity contribution in [3.8, 4) is 0 Å². The lowest BCUT2D eigenvalue weighted by Gasteiger charge is -2.31. The van der Waals surface area contributed by atoms with Crippen molar-refractivity contribution in [2.75, 3.05) is 24.7 Å². The largest absolute Gasteiger partial charge is 0.449 e. The normalized spacial score (nSPS) is 17.9. The van der Waals surface area contributed by atoms with Crippen LogP contribution in [-0.2, 0) is 11.4 Å². The summed E-state index contributed by atoms with van der Waals surface area (Å²) >= 11 is 5.87. The minimum absolute atomic E-state index is 0. The Morgan fingerprint density at radius 1 is 1.15 bits per heavy atom. The van der Waals surface area contributed by atoms with Crippen LogP contribution in [-0.4, -0.2) is 46.9 Å². The summed E-state index contributed by atoms with van der Waals surface area (Å²) in [5, 5.41) is 16.2. The van der Waals surface area contributed by atoms with Crippen molar-refractivity contribution in [1.82, 2.24) is 9.88 Å². The molecule has 1 saturated carbocycles. The Balaban J connectivity index is 0.00000324. The summed E-state index contributed by atoms with van der Waals surface area (Å²) in [5.74, 6) is -0.533. The van der Waals surface area contributed by atoms with Crippen molar-refractivity contribution < 1.29 is 19.1 Å². The minimum Gasteiger partial charge on any atom is -0.449 e. The van der Waals surface area contributed by atoms with Crippen LogP contribution in [0.2, 0.25) is 5.02 Å². The quantitative estimate of drug-likeness (QED) is 0.446. The molecule has 8 nitrogen and oxygen atoms in total. The molecule has 0 bridgehead atoms. The predicted molar refractivity (Wildman–Crippen MR) is 135 cm³/mol. The molecule has 2 amide bonds. The van der Waals surface area contributed by atoms with Crippen molar-refractivity contribution in [3.63, 3.8) is 0 Å². The number of fused-ring (bicyclic) bond motifs is 1. The van der Waals surface area contributed by atoms with E-state index < -0.39 is 5.91 Å². The van der Waals surface area contributed by atoms with Gasteiger partial charge in [-0.3, -0.25) is 9.59 Å². The van der Waals surface area contributed by atoms with Crippen LogP contribution in [0.3, 0.4) is 0 Å². The third kappa shape index (κ3) is 5.70. The summed E-state index contributed by atoms with van der Waals surface area (Å²) in [6, 6.07) is 8.77. The second-order valence-corrected chi connectivity index (χ2v) is 9.01. The number of hydrogen-bond acceptors (Lipinski definition) is 6. The van der Waals surface area contributed by atoms with Gasteiger partial charge in [-0.1, -0.05) is 17.7 Å². The molecule has 0 saturated heterocycles. The van der Waals surface area contributed by atoms with E-state index in [0.29, 0.717) is 39.1 Å². The second kappa shape index (κ2) is 11.2. The first-order valence-corrected chi connectivity index (χ1v) is 11.3. The molecule has 182 valence electrons. The number of furan rings is 1. The number of rotatable bonds is 6. The van der Waals surface area contributed by atoms with E-state index in [4.69, 9.17) is 16.0 Å². The molecule has 0 unspecified atom stereocenters. The highest BCUT2D eigenvalue weighted by molar-refractivity contribution is 6.30. The zero-order valence-electron chi connectivity index (χ0n) is 19.0. The van der Waals surface area contributed by atoms with Crippen LogP contribution in [0.5, 0.6) is 0 Å². The molecule has 2 heterocycles. The molecule has 3 N–H and O–H groups in total. The molecule has 3 aromatic rings. The molecule has 0 aliphatic heterocycles. The van der Waals surface area contributed by atoms with Crippen LogP contribution in [0.4, 0.5) is 11.5 Å². The number of carbonyl (C=O) groups excluding carboxylic acids is 2. The standard InChI is InChI=1S/C24H27ClN4O4.ClH/c1-29(2)17-7-4-15(5-8-17)23(31)28-21-18-11-14(13-30)3-9-19(18)33-22(21)24(32)27-20-10-6-16(25)12-26-20;/h3,6,9-12,15,17,30H,4-5,7-8,13H2,1-2H3,(H,28,31)(H,26,27,32);1H/t15-,17-;. The number of hydrogen-bond donors (Lipinski definition) is 3. The van der Waals surface area contributed by atoms with Gasteiger partial charge in [0.2, 0.25) is 11.7 Å². The van der Waals surface area contributed by atoms with Crippen LogP contribution in [0.15, 0.2) is 40.9 Å². The third-order valence-corrected chi connectivity index (χ3v) is 6.38. The fraction of sp³-hybridized carbons (Fsp3) is 0.375. The monoisotopic (exact) mass is 506 g/mol. The van der Waals surface area contributed by atoms with E-state index in [-0.39, 0.29) is 36.6 Å². The van der Waals surface area contributed by atoms with Crippen molar-refractivity contribution in [3.05, 3.63) is 52.9 Å². The van der Waals surface area contributed by atoms with Gasteiger partial charge in [0.15, 0.2) is 0 Å². The van der Waals surface area contributed by atoms with Gasteiger partial charge in [-0.05, 0) is 69.6 Å². The fourth-order valence-corrected chi connectivity index (χ4v) is 4.34. The Morgan fingerprint density at radius 2 is 1.88 bits per heavy atom. The summed E-state index contributed by atoms with van der Waals surface area (Å²) in [6.07, 6.45) is 4.88. The zero-order valence-corrected chi connectivity index (χ0v) is 20.6. The van der Waals surface area contributed by atoms with E-state index in [1.165, 1.54) is 6.20 Å². The molecule has 1 aliphatic carbocycles. The molecule has 0 spiro atoms. The number of anilines is 2. The van der Waals surface area contributed by atoms with Gasteiger partial charge in [0.1, 0.15) is 17.1 Å². The molecule has 2 aromatic heterocycles. The van der Waals surface area contributed by atoms with E-state index in [0.717, 1.165) is 25.7 Å². The van der Waals surface area contributed by atoms with E-state index in [1.807, 2.05) is 0 Å². The average molecular weight is 507 g/mol. The Labute approximate surface area is 209 Å². The van der Waals surface area contributed by atoms with E-state index in [9.17, 15) is 14.7 Å². The number of carbonyl (C=O) groups is 2. The molecule has 1 fully saturated rings. The lowest BCUT2D eigenvalue weighted by atomic mass is 9.85. The molecule has 1 aromatic carbocycles. The summed E-state index contributed by atoms with van der Waals surface area (Å²) in [5.41, 5.74) is 1.39. The molecular formula is C24H28Cl2N4O4. The van der Waals surface area contributed by atoms with Crippen molar-refractivity contribution in [2.24, 2.45) is 5.92 Å². The number of halogens is 2. The Morgan fingerprint density at radius 3 is 2.50 bits per heavy atom. The van der Waals surface area contributed by atoms with E-state index in [2.05, 4.69) is 34.6 Å². The maximum Gasteiger partial charge on any atom is 0.294 e. The molecule has 4 rings (SSSR count). The first-order chi connectivity index (χ1) is 15.9. The molecule has 34 heavy (non-hydrogen) atoms. The van der Waals surface area contributed by atoms with Crippen LogP contribution in [0, 0.1) is 5.92 Å². The van der Waals surface area contributed by atoms with Crippen LogP contribution < -0.4 is 10.6 Å². The fourth-order valence-electron chi connectivity index (χ4n) is 4.23. The highest BCUT2D eigenvalue weighted by Gasteiger charge is 2.30. The SMILES string of the molecule is CN(C)[C@H]1CC[C@H](C(=O)Nc2c(C(=O)Nc3ccc(Cl)cn3)oc3ccc(CO)cc23)CC1.Cl. The topological polar surface area (TPSA) is 108 Å².